The van der Waals surface area contributed by atoms with Crippen LogP contribution in [0.2, 0.25) is 0 Å². The highest BCUT2D eigenvalue weighted by Gasteiger charge is 2.10. The summed E-state index contributed by atoms with van der Waals surface area (Å²) in [5.74, 6) is 0.134. The predicted octanol–water partition coefficient (Wildman–Crippen LogP) is 0.346. The molecule has 0 spiro atoms. The molecule has 0 saturated carbocycles. The number of hydrogen-bond donors (Lipinski definition) is 2. The molecule has 14 heavy (non-hydrogen) atoms. The predicted molar refractivity (Wildman–Crippen MR) is 56.9 cm³/mol. The van der Waals surface area contributed by atoms with E-state index in [2.05, 4.69) is 0 Å². The number of nitrogens with zero attached hydrogens (tertiary/aromatic N) is 1. The molecule has 0 aromatic rings. The fourth-order valence-corrected chi connectivity index (χ4v) is 1.33. The van der Waals surface area contributed by atoms with Gasteiger partial charge in [-0.25, -0.2) is 0 Å². The number of aliphatic hydroxyl groups is 1. The molecular weight excluding hydrogens is 180 g/mol. The quantitative estimate of drug-likeness (QED) is 0.558. The van der Waals surface area contributed by atoms with Gasteiger partial charge in [0.15, 0.2) is 0 Å². The minimum atomic E-state index is 0.0443. The maximum Gasteiger partial charge on any atom is 0.222 e. The van der Waals surface area contributed by atoms with Gasteiger partial charge in [0, 0.05) is 19.5 Å². The Morgan fingerprint density at radius 1 is 1.36 bits per heavy atom. The van der Waals surface area contributed by atoms with Crippen LogP contribution in [0.5, 0.6) is 0 Å². The Labute approximate surface area is 86.1 Å². The minimum Gasteiger partial charge on any atom is -0.395 e. The summed E-state index contributed by atoms with van der Waals surface area (Å²) in [5.41, 5.74) is 5.34. The van der Waals surface area contributed by atoms with Crippen molar-refractivity contribution < 1.29 is 9.90 Å². The van der Waals surface area contributed by atoms with Crippen molar-refractivity contribution in [1.29, 1.82) is 0 Å². The molecule has 0 aliphatic heterocycles. The second kappa shape index (κ2) is 8.97. The highest BCUT2D eigenvalue weighted by molar-refractivity contribution is 5.76. The molecule has 0 aromatic carbocycles. The van der Waals surface area contributed by atoms with E-state index >= 15 is 0 Å². The second-order valence-corrected chi connectivity index (χ2v) is 3.35. The van der Waals surface area contributed by atoms with Gasteiger partial charge in [0.05, 0.1) is 6.61 Å². The topological polar surface area (TPSA) is 66.6 Å². The largest absolute Gasteiger partial charge is 0.395 e. The van der Waals surface area contributed by atoms with E-state index in [-0.39, 0.29) is 12.5 Å². The zero-order chi connectivity index (χ0) is 10.8. The van der Waals surface area contributed by atoms with Crippen LogP contribution < -0.4 is 5.73 Å². The van der Waals surface area contributed by atoms with Gasteiger partial charge in [0.25, 0.3) is 0 Å². The van der Waals surface area contributed by atoms with Crippen LogP contribution >= 0.6 is 0 Å². The Kier molecular flexibility index (Phi) is 8.57. The number of carbonyl (C=O) groups is 1. The highest BCUT2D eigenvalue weighted by Crippen LogP contribution is 2.01. The minimum absolute atomic E-state index is 0.0443. The number of aliphatic hydroxyl groups excluding tert-OH is 1. The lowest BCUT2D eigenvalue weighted by Crippen LogP contribution is -2.34. The number of amides is 1. The molecular formula is C10H22N2O2. The molecule has 0 atom stereocenters. The molecule has 4 nitrogen and oxygen atoms in total. The van der Waals surface area contributed by atoms with E-state index in [1.54, 1.807) is 4.90 Å². The van der Waals surface area contributed by atoms with E-state index in [1.165, 1.54) is 0 Å². The van der Waals surface area contributed by atoms with E-state index in [0.717, 1.165) is 25.8 Å². The molecule has 4 heteroatoms. The van der Waals surface area contributed by atoms with Gasteiger partial charge >= 0.3 is 0 Å². The van der Waals surface area contributed by atoms with E-state index in [9.17, 15) is 4.79 Å². The average molecular weight is 202 g/mol. The van der Waals surface area contributed by atoms with Crippen molar-refractivity contribution in [1.82, 2.24) is 4.90 Å². The van der Waals surface area contributed by atoms with Gasteiger partial charge in [-0.05, 0) is 25.8 Å². The molecule has 84 valence electrons. The van der Waals surface area contributed by atoms with Crippen LogP contribution in [0.15, 0.2) is 0 Å². The Balaban J connectivity index is 3.76. The Morgan fingerprint density at radius 2 is 2.07 bits per heavy atom. The summed E-state index contributed by atoms with van der Waals surface area (Å²) in [6.07, 6.45) is 3.23. The van der Waals surface area contributed by atoms with E-state index in [4.69, 9.17) is 10.8 Å². The molecule has 3 N–H and O–H groups in total. The summed E-state index contributed by atoms with van der Waals surface area (Å²) in [4.78, 5) is 13.3. The fourth-order valence-electron chi connectivity index (χ4n) is 1.33. The summed E-state index contributed by atoms with van der Waals surface area (Å²) in [6.45, 7) is 3.90. The number of carbonyl (C=O) groups excluding carboxylic acids is 1. The molecule has 0 fully saturated rings. The molecule has 0 radical (unpaired) electrons. The maximum atomic E-state index is 11.6. The zero-order valence-electron chi connectivity index (χ0n) is 9.04. The number of hydrogen-bond acceptors (Lipinski definition) is 3. The summed E-state index contributed by atoms with van der Waals surface area (Å²) in [6, 6.07) is 0. The standard InChI is InChI=1S/C10H22N2O2/c1-2-7-12(8-9-13)10(14)5-3-4-6-11/h13H,2-9,11H2,1H3. The molecule has 0 aliphatic rings. The third-order valence-electron chi connectivity index (χ3n) is 2.06. The van der Waals surface area contributed by atoms with Crippen molar-refractivity contribution in [2.75, 3.05) is 26.2 Å². The summed E-state index contributed by atoms with van der Waals surface area (Å²) < 4.78 is 0. The highest BCUT2D eigenvalue weighted by atomic mass is 16.3. The number of unbranched alkanes of at least 4 members (excludes halogenated alkanes) is 1. The van der Waals surface area contributed by atoms with Gasteiger partial charge in [-0.1, -0.05) is 6.92 Å². The molecule has 0 aliphatic carbocycles. The Hall–Kier alpha value is -0.610. The van der Waals surface area contributed by atoms with Crippen molar-refractivity contribution in [3.8, 4) is 0 Å². The first-order valence-corrected chi connectivity index (χ1v) is 5.35. The van der Waals surface area contributed by atoms with Crippen LogP contribution in [0.3, 0.4) is 0 Å². The van der Waals surface area contributed by atoms with Crippen molar-refractivity contribution in [2.45, 2.75) is 32.6 Å². The fraction of sp³-hybridized carbons (Fsp3) is 0.900. The molecule has 0 heterocycles. The molecule has 0 bridgehead atoms. The monoisotopic (exact) mass is 202 g/mol. The first-order chi connectivity index (χ1) is 6.76. The second-order valence-electron chi connectivity index (χ2n) is 3.35. The van der Waals surface area contributed by atoms with E-state index < -0.39 is 0 Å². The van der Waals surface area contributed by atoms with Crippen LogP contribution in [0.4, 0.5) is 0 Å². The van der Waals surface area contributed by atoms with Gasteiger partial charge in [-0.15, -0.1) is 0 Å². The lowest BCUT2D eigenvalue weighted by molar-refractivity contribution is -0.131. The van der Waals surface area contributed by atoms with Gasteiger partial charge in [-0.2, -0.15) is 0 Å². The average Bonchev–Trinajstić information content (AvgIpc) is 2.18. The maximum absolute atomic E-state index is 11.6. The summed E-state index contributed by atoms with van der Waals surface area (Å²) >= 11 is 0. The lowest BCUT2D eigenvalue weighted by atomic mass is 10.2. The van der Waals surface area contributed by atoms with Gasteiger partial charge in [0.1, 0.15) is 0 Å². The summed E-state index contributed by atoms with van der Waals surface area (Å²) in [7, 11) is 0. The van der Waals surface area contributed by atoms with Gasteiger partial charge in [-0.3, -0.25) is 4.79 Å². The van der Waals surface area contributed by atoms with Gasteiger partial charge in [0.2, 0.25) is 5.91 Å². The third kappa shape index (κ3) is 5.94. The first kappa shape index (κ1) is 13.4. The number of nitrogens with two attached hydrogens (primary N) is 1. The Bertz CT molecular complexity index is 145. The molecule has 1 amide bonds. The smallest absolute Gasteiger partial charge is 0.222 e. The Morgan fingerprint density at radius 3 is 2.57 bits per heavy atom. The first-order valence-electron chi connectivity index (χ1n) is 5.35. The third-order valence-corrected chi connectivity index (χ3v) is 2.06. The zero-order valence-corrected chi connectivity index (χ0v) is 9.04. The van der Waals surface area contributed by atoms with E-state index in [1.807, 2.05) is 6.92 Å². The normalized spacial score (nSPS) is 10.2. The van der Waals surface area contributed by atoms with Crippen molar-refractivity contribution in [3.63, 3.8) is 0 Å². The molecule has 0 aromatic heterocycles. The van der Waals surface area contributed by atoms with E-state index in [0.29, 0.717) is 19.5 Å². The van der Waals surface area contributed by atoms with Crippen LogP contribution in [0.1, 0.15) is 32.6 Å². The number of rotatable bonds is 8. The van der Waals surface area contributed by atoms with Crippen molar-refractivity contribution in [3.05, 3.63) is 0 Å². The molecule has 0 unspecified atom stereocenters. The summed E-state index contributed by atoms with van der Waals surface area (Å²) in [5, 5.41) is 8.77. The van der Waals surface area contributed by atoms with Crippen LogP contribution in [0, 0.1) is 0 Å². The molecule has 0 rings (SSSR count). The molecule has 0 saturated heterocycles. The van der Waals surface area contributed by atoms with Gasteiger partial charge < -0.3 is 15.7 Å². The SMILES string of the molecule is CCCN(CCO)C(=O)CCCCN. The van der Waals surface area contributed by atoms with Crippen molar-refractivity contribution >= 4 is 5.91 Å². The van der Waals surface area contributed by atoms with Crippen LogP contribution in [-0.2, 0) is 4.79 Å². The van der Waals surface area contributed by atoms with Crippen LogP contribution in [0.25, 0.3) is 0 Å². The van der Waals surface area contributed by atoms with Crippen molar-refractivity contribution in [2.24, 2.45) is 5.73 Å². The lowest BCUT2D eigenvalue weighted by Gasteiger charge is -2.20. The van der Waals surface area contributed by atoms with Crippen LogP contribution in [-0.4, -0.2) is 42.2 Å².